The highest BCUT2D eigenvalue weighted by Crippen LogP contribution is 2.17. The topological polar surface area (TPSA) is 120 Å². The molecular formula is C28H27N5O4. The minimum Gasteiger partial charge on any atom is -0.431 e. The number of carbonyl (C=O) groups excluding carboxylic acids is 1. The molecule has 2 heterocycles. The molecule has 188 valence electrons. The van der Waals surface area contributed by atoms with Gasteiger partial charge in [0.05, 0.1) is 42.4 Å². The largest absolute Gasteiger partial charge is 0.514 e. The normalized spacial score (nSPS) is 10.2. The lowest BCUT2D eigenvalue weighted by Gasteiger charge is -2.08. The third-order valence-electron chi connectivity index (χ3n) is 4.86. The van der Waals surface area contributed by atoms with Gasteiger partial charge in [0.25, 0.3) is 5.56 Å². The fraction of sp³-hybridized carbons (Fsp3) is 0.214. The van der Waals surface area contributed by atoms with Crippen molar-refractivity contribution in [1.82, 2.24) is 19.7 Å². The van der Waals surface area contributed by atoms with Crippen LogP contribution in [0.3, 0.4) is 0 Å². The second-order valence-electron chi connectivity index (χ2n) is 8.38. The fourth-order valence-corrected chi connectivity index (χ4v) is 3.19. The first-order valence-corrected chi connectivity index (χ1v) is 11.5. The summed E-state index contributed by atoms with van der Waals surface area (Å²) in [7, 11) is 0. The smallest absolute Gasteiger partial charge is 0.431 e. The molecule has 4 aromatic rings. The summed E-state index contributed by atoms with van der Waals surface area (Å²) < 4.78 is 11.0. The molecule has 9 nitrogen and oxygen atoms in total. The maximum Gasteiger partial charge on any atom is 0.514 e. The Morgan fingerprint density at radius 3 is 2.43 bits per heavy atom. The minimum atomic E-state index is -0.743. The Morgan fingerprint density at radius 1 is 1.03 bits per heavy atom. The van der Waals surface area contributed by atoms with Crippen molar-refractivity contribution >= 4 is 6.16 Å². The van der Waals surface area contributed by atoms with Crippen LogP contribution in [0.2, 0.25) is 0 Å². The quantitative estimate of drug-likeness (QED) is 0.359. The number of hydrogen-bond acceptors (Lipinski definition) is 8. The van der Waals surface area contributed by atoms with E-state index in [0.717, 1.165) is 16.7 Å². The van der Waals surface area contributed by atoms with Gasteiger partial charge in [-0.3, -0.25) is 4.79 Å². The van der Waals surface area contributed by atoms with Gasteiger partial charge in [-0.2, -0.15) is 10.4 Å². The molecule has 0 fully saturated rings. The molecule has 2 aromatic heterocycles. The zero-order valence-electron chi connectivity index (χ0n) is 21.1. The highest BCUT2D eigenvalue weighted by Gasteiger charge is 2.08. The maximum absolute atomic E-state index is 12.1. The second-order valence-corrected chi connectivity index (χ2v) is 8.38. The third kappa shape index (κ3) is 8.40. The maximum atomic E-state index is 12.1. The molecule has 0 aliphatic carbocycles. The Kier molecular flexibility index (Phi) is 9.22. The van der Waals surface area contributed by atoms with Gasteiger partial charge in [-0.1, -0.05) is 42.0 Å². The van der Waals surface area contributed by atoms with E-state index in [1.54, 1.807) is 39.0 Å². The SMILES string of the molecule is Cc1cccc(Cn2nc(-c3cccc(C#N)c3)ccc2=O)c1.Cc1ncc(OC(=O)OC(C)C)cn1. The van der Waals surface area contributed by atoms with E-state index in [0.29, 0.717) is 23.6 Å². The zero-order valence-corrected chi connectivity index (χ0v) is 21.1. The van der Waals surface area contributed by atoms with Crippen molar-refractivity contribution in [3.8, 4) is 23.1 Å². The van der Waals surface area contributed by atoms with Gasteiger partial charge in [-0.15, -0.1) is 0 Å². The fourth-order valence-electron chi connectivity index (χ4n) is 3.19. The predicted molar refractivity (Wildman–Crippen MR) is 138 cm³/mol. The van der Waals surface area contributed by atoms with Gasteiger partial charge >= 0.3 is 6.16 Å². The van der Waals surface area contributed by atoms with E-state index in [1.165, 1.54) is 23.1 Å². The van der Waals surface area contributed by atoms with E-state index < -0.39 is 6.16 Å². The lowest BCUT2D eigenvalue weighted by molar-refractivity contribution is 0.0726. The molecule has 37 heavy (non-hydrogen) atoms. The lowest BCUT2D eigenvalue weighted by atomic mass is 10.1. The van der Waals surface area contributed by atoms with E-state index in [1.807, 2.05) is 43.3 Å². The van der Waals surface area contributed by atoms with Gasteiger partial charge in [0.1, 0.15) is 5.82 Å². The molecule has 0 N–H and O–H groups in total. The summed E-state index contributed by atoms with van der Waals surface area (Å²) in [5, 5.41) is 13.4. The van der Waals surface area contributed by atoms with E-state index in [2.05, 4.69) is 21.1 Å². The van der Waals surface area contributed by atoms with Crippen LogP contribution in [0.1, 0.15) is 36.4 Å². The molecule has 0 aliphatic heterocycles. The summed E-state index contributed by atoms with van der Waals surface area (Å²) >= 11 is 0. The molecule has 0 atom stereocenters. The summed E-state index contributed by atoms with van der Waals surface area (Å²) in [6.45, 7) is 7.67. The molecular weight excluding hydrogens is 470 g/mol. The van der Waals surface area contributed by atoms with Crippen LogP contribution in [-0.2, 0) is 11.3 Å². The molecule has 0 unspecified atom stereocenters. The van der Waals surface area contributed by atoms with Crippen LogP contribution in [0.4, 0.5) is 4.79 Å². The van der Waals surface area contributed by atoms with Gasteiger partial charge in [-0.25, -0.2) is 19.4 Å². The van der Waals surface area contributed by atoms with Crippen molar-refractivity contribution in [2.45, 2.75) is 40.3 Å². The summed E-state index contributed by atoms with van der Waals surface area (Å²) in [6.07, 6.45) is 1.90. The van der Waals surface area contributed by atoms with Gasteiger partial charge in [0.15, 0.2) is 5.75 Å². The highest BCUT2D eigenvalue weighted by atomic mass is 16.7. The van der Waals surface area contributed by atoms with Gasteiger partial charge < -0.3 is 9.47 Å². The van der Waals surface area contributed by atoms with E-state index in [9.17, 15) is 9.59 Å². The first-order valence-electron chi connectivity index (χ1n) is 11.5. The van der Waals surface area contributed by atoms with Crippen LogP contribution >= 0.6 is 0 Å². The number of hydrogen-bond donors (Lipinski definition) is 0. The van der Waals surface area contributed by atoms with Crippen molar-refractivity contribution in [3.63, 3.8) is 0 Å². The van der Waals surface area contributed by atoms with Crippen LogP contribution in [0.5, 0.6) is 5.75 Å². The highest BCUT2D eigenvalue weighted by molar-refractivity contribution is 5.63. The number of nitrogens with zero attached hydrogens (tertiary/aromatic N) is 5. The molecule has 0 saturated carbocycles. The number of nitriles is 1. The zero-order chi connectivity index (χ0) is 26.8. The number of aromatic nitrogens is 4. The monoisotopic (exact) mass is 497 g/mol. The van der Waals surface area contributed by atoms with E-state index in [4.69, 9.17) is 14.7 Å². The molecule has 0 amide bonds. The molecule has 0 saturated heterocycles. The van der Waals surface area contributed by atoms with Crippen molar-refractivity contribution < 1.29 is 14.3 Å². The third-order valence-corrected chi connectivity index (χ3v) is 4.86. The summed E-state index contributed by atoms with van der Waals surface area (Å²) in [5.74, 6) is 0.899. The van der Waals surface area contributed by atoms with E-state index in [-0.39, 0.29) is 17.4 Å². The summed E-state index contributed by atoms with van der Waals surface area (Å²) in [6, 6.07) is 20.5. The van der Waals surface area contributed by atoms with Crippen LogP contribution < -0.4 is 10.3 Å². The molecule has 9 heteroatoms. The lowest BCUT2D eigenvalue weighted by Crippen LogP contribution is -2.22. The number of aryl methyl sites for hydroxylation is 2. The predicted octanol–water partition coefficient (Wildman–Crippen LogP) is 4.85. The first kappa shape index (κ1) is 26.8. The van der Waals surface area contributed by atoms with Gasteiger partial charge in [0, 0.05) is 11.6 Å². The number of rotatable bonds is 5. The first-order chi connectivity index (χ1) is 17.7. The Labute approximate surface area is 215 Å². The summed E-state index contributed by atoms with van der Waals surface area (Å²) in [5.41, 5.74) is 4.10. The van der Waals surface area contributed by atoms with Gasteiger partial charge in [0.2, 0.25) is 0 Å². The van der Waals surface area contributed by atoms with E-state index >= 15 is 0 Å². The van der Waals surface area contributed by atoms with Crippen molar-refractivity contribution in [3.05, 3.63) is 106 Å². The van der Waals surface area contributed by atoms with Crippen LogP contribution in [0.25, 0.3) is 11.3 Å². The number of carbonyl (C=O) groups is 1. The Morgan fingerprint density at radius 2 is 1.76 bits per heavy atom. The van der Waals surface area contributed by atoms with Crippen molar-refractivity contribution in [2.75, 3.05) is 0 Å². The Balaban J connectivity index is 0.000000233. The Hall–Kier alpha value is -4.84. The molecule has 0 aliphatic rings. The molecule has 0 spiro atoms. The van der Waals surface area contributed by atoms with Crippen LogP contribution in [0.15, 0.2) is 77.9 Å². The van der Waals surface area contributed by atoms with Crippen molar-refractivity contribution in [1.29, 1.82) is 5.26 Å². The average Bonchev–Trinajstić information content (AvgIpc) is 2.87. The minimum absolute atomic E-state index is 0.147. The van der Waals surface area contributed by atoms with Crippen LogP contribution in [-0.4, -0.2) is 32.0 Å². The molecule has 2 aromatic carbocycles. The van der Waals surface area contributed by atoms with Gasteiger partial charge in [-0.05, 0) is 51.5 Å². The average molecular weight is 498 g/mol. The second kappa shape index (κ2) is 12.7. The standard InChI is InChI=1S/C19H15N3O.C9H12N2O3/c1-14-4-2-6-16(10-14)13-22-19(23)9-8-18(21-22)17-7-3-5-15(11-17)12-20;1-6(2)13-9(12)14-8-4-10-7(3)11-5-8/h2-11H,13H2,1H3;4-6H,1-3H3. The van der Waals surface area contributed by atoms with Crippen LogP contribution in [0, 0.1) is 25.2 Å². The number of benzene rings is 2. The Bertz CT molecular complexity index is 1460. The molecule has 0 bridgehead atoms. The molecule has 0 radical (unpaired) electrons. The van der Waals surface area contributed by atoms with Crippen molar-refractivity contribution in [2.24, 2.45) is 0 Å². The number of ether oxygens (including phenoxy) is 2. The molecule has 4 rings (SSSR count). The summed E-state index contributed by atoms with van der Waals surface area (Å²) in [4.78, 5) is 30.8.